The molecule has 3 heteroatoms. The molecule has 0 aliphatic rings. The van der Waals surface area contributed by atoms with Crippen LogP contribution in [0.15, 0.2) is 53.1 Å². The Kier molecular flexibility index (Phi) is 5.66. The molecule has 0 fully saturated rings. The van der Waals surface area contributed by atoms with Crippen LogP contribution in [0.1, 0.15) is 18.2 Å². The highest BCUT2D eigenvalue weighted by molar-refractivity contribution is 5.13. The van der Waals surface area contributed by atoms with Gasteiger partial charge in [-0.3, -0.25) is 0 Å². The zero-order valence-corrected chi connectivity index (χ0v) is 11.3. The van der Waals surface area contributed by atoms with Crippen LogP contribution in [0.4, 0.5) is 0 Å². The van der Waals surface area contributed by atoms with E-state index in [-0.39, 0.29) is 0 Å². The predicted molar refractivity (Wildman–Crippen MR) is 75.7 cm³/mol. The number of nitrogens with one attached hydrogen (secondary N) is 1. The minimum Gasteiger partial charge on any atom is -0.468 e. The lowest BCUT2D eigenvalue weighted by Gasteiger charge is -2.12. The Bertz CT molecular complexity index is 439. The summed E-state index contributed by atoms with van der Waals surface area (Å²) in [6.07, 6.45) is 1.70. The summed E-state index contributed by atoms with van der Waals surface area (Å²) >= 11 is 0. The van der Waals surface area contributed by atoms with Crippen LogP contribution in [0, 0.1) is 5.92 Å². The maximum atomic E-state index is 5.71. The van der Waals surface area contributed by atoms with Gasteiger partial charge in [0.1, 0.15) is 5.76 Å². The molecule has 0 bridgehead atoms. The second-order valence-electron chi connectivity index (χ2n) is 4.82. The van der Waals surface area contributed by atoms with Crippen LogP contribution in [0.3, 0.4) is 0 Å². The Hall–Kier alpha value is -1.58. The number of rotatable bonds is 8. The maximum Gasteiger partial charge on any atom is 0.117 e. The molecule has 0 aliphatic carbocycles. The monoisotopic (exact) mass is 259 g/mol. The van der Waals surface area contributed by atoms with Crippen molar-refractivity contribution in [3.63, 3.8) is 0 Å². The number of benzene rings is 1. The highest BCUT2D eigenvalue weighted by atomic mass is 16.5. The summed E-state index contributed by atoms with van der Waals surface area (Å²) in [5, 5.41) is 3.36. The van der Waals surface area contributed by atoms with E-state index in [4.69, 9.17) is 9.15 Å². The zero-order chi connectivity index (χ0) is 13.3. The van der Waals surface area contributed by atoms with E-state index >= 15 is 0 Å². The molecular formula is C16H21NO2. The first-order valence-corrected chi connectivity index (χ1v) is 6.69. The molecule has 0 aliphatic heterocycles. The summed E-state index contributed by atoms with van der Waals surface area (Å²) in [4.78, 5) is 0. The predicted octanol–water partition coefficient (Wildman–Crippen LogP) is 3.22. The number of hydrogen-bond acceptors (Lipinski definition) is 3. The van der Waals surface area contributed by atoms with Gasteiger partial charge in [0.15, 0.2) is 0 Å². The van der Waals surface area contributed by atoms with Crippen molar-refractivity contribution in [3.05, 3.63) is 60.1 Å². The molecule has 3 nitrogen and oxygen atoms in total. The Morgan fingerprint density at radius 1 is 1.16 bits per heavy atom. The van der Waals surface area contributed by atoms with Gasteiger partial charge in [-0.15, -0.1) is 0 Å². The first kappa shape index (κ1) is 13.8. The maximum absolute atomic E-state index is 5.71. The summed E-state index contributed by atoms with van der Waals surface area (Å²) in [7, 11) is 0. The molecule has 0 radical (unpaired) electrons. The Morgan fingerprint density at radius 2 is 2.00 bits per heavy atom. The highest BCUT2D eigenvalue weighted by Gasteiger charge is 2.03. The van der Waals surface area contributed by atoms with E-state index < -0.39 is 0 Å². The van der Waals surface area contributed by atoms with Crippen LogP contribution in [-0.2, 0) is 17.9 Å². The van der Waals surface area contributed by atoms with E-state index in [1.165, 1.54) is 5.56 Å². The Labute approximate surface area is 114 Å². The minimum absolute atomic E-state index is 0.485. The Balaban J connectivity index is 1.56. The molecular weight excluding hydrogens is 238 g/mol. The van der Waals surface area contributed by atoms with Crippen LogP contribution in [0.2, 0.25) is 0 Å². The molecule has 102 valence electrons. The van der Waals surface area contributed by atoms with Crippen molar-refractivity contribution in [3.8, 4) is 0 Å². The van der Waals surface area contributed by atoms with Crippen molar-refractivity contribution < 1.29 is 9.15 Å². The molecule has 19 heavy (non-hydrogen) atoms. The van der Waals surface area contributed by atoms with Gasteiger partial charge in [0.25, 0.3) is 0 Å². The second-order valence-corrected chi connectivity index (χ2v) is 4.82. The summed E-state index contributed by atoms with van der Waals surface area (Å²) in [5.74, 6) is 1.45. The summed E-state index contributed by atoms with van der Waals surface area (Å²) in [6.45, 7) is 5.33. The van der Waals surface area contributed by atoms with Crippen LogP contribution in [0.5, 0.6) is 0 Å². The smallest absolute Gasteiger partial charge is 0.117 e. The van der Waals surface area contributed by atoms with Gasteiger partial charge < -0.3 is 14.5 Å². The number of furan rings is 1. The van der Waals surface area contributed by atoms with E-state index in [0.717, 1.165) is 25.5 Å². The Morgan fingerprint density at radius 3 is 2.74 bits per heavy atom. The number of hydrogen-bond donors (Lipinski definition) is 1. The number of ether oxygens (including phenoxy) is 1. The summed E-state index contributed by atoms with van der Waals surface area (Å²) in [6, 6.07) is 14.1. The van der Waals surface area contributed by atoms with Crippen LogP contribution < -0.4 is 5.32 Å². The van der Waals surface area contributed by atoms with Gasteiger partial charge in [-0.1, -0.05) is 37.3 Å². The molecule has 2 aromatic rings. The normalized spacial score (nSPS) is 12.5. The zero-order valence-electron chi connectivity index (χ0n) is 11.3. The van der Waals surface area contributed by atoms with Crippen molar-refractivity contribution in [1.29, 1.82) is 0 Å². The topological polar surface area (TPSA) is 34.4 Å². The van der Waals surface area contributed by atoms with Crippen molar-refractivity contribution in [2.45, 2.75) is 20.1 Å². The molecule has 0 saturated heterocycles. The molecule has 0 spiro atoms. The van der Waals surface area contributed by atoms with Crippen molar-refractivity contribution in [1.82, 2.24) is 5.32 Å². The van der Waals surface area contributed by atoms with Crippen LogP contribution in [-0.4, -0.2) is 13.2 Å². The van der Waals surface area contributed by atoms with Gasteiger partial charge in [-0.05, 0) is 23.6 Å². The molecule has 1 heterocycles. The summed E-state index contributed by atoms with van der Waals surface area (Å²) in [5.41, 5.74) is 1.22. The van der Waals surface area contributed by atoms with Gasteiger partial charge in [0, 0.05) is 6.54 Å². The van der Waals surface area contributed by atoms with Crippen molar-refractivity contribution in [2.24, 2.45) is 5.92 Å². The van der Waals surface area contributed by atoms with E-state index in [1.807, 2.05) is 30.3 Å². The summed E-state index contributed by atoms with van der Waals surface area (Å²) < 4.78 is 11.0. The molecule has 0 amide bonds. The molecule has 1 aromatic heterocycles. The lowest BCUT2D eigenvalue weighted by molar-refractivity contribution is 0.0916. The van der Waals surface area contributed by atoms with Crippen molar-refractivity contribution in [2.75, 3.05) is 13.2 Å². The van der Waals surface area contributed by atoms with Crippen LogP contribution >= 0.6 is 0 Å². The molecule has 0 saturated carbocycles. The third-order valence-corrected chi connectivity index (χ3v) is 2.89. The SMILES string of the molecule is CC(CNCc1ccco1)COCc1ccccc1. The van der Waals surface area contributed by atoms with E-state index in [0.29, 0.717) is 12.5 Å². The average molecular weight is 259 g/mol. The first-order chi connectivity index (χ1) is 9.34. The average Bonchev–Trinajstić information content (AvgIpc) is 2.93. The molecule has 1 atom stereocenters. The minimum atomic E-state index is 0.485. The lowest BCUT2D eigenvalue weighted by atomic mass is 10.2. The third kappa shape index (κ3) is 5.28. The molecule has 1 unspecified atom stereocenters. The fourth-order valence-corrected chi connectivity index (χ4v) is 1.87. The highest BCUT2D eigenvalue weighted by Crippen LogP contribution is 2.03. The molecule has 1 N–H and O–H groups in total. The van der Waals surface area contributed by atoms with Crippen LogP contribution in [0.25, 0.3) is 0 Å². The lowest BCUT2D eigenvalue weighted by Crippen LogP contribution is -2.23. The van der Waals surface area contributed by atoms with Crippen molar-refractivity contribution >= 4 is 0 Å². The van der Waals surface area contributed by atoms with Gasteiger partial charge in [0.2, 0.25) is 0 Å². The fraction of sp³-hybridized carbons (Fsp3) is 0.375. The largest absolute Gasteiger partial charge is 0.468 e. The fourth-order valence-electron chi connectivity index (χ4n) is 1.87. The van der Waals surface area contributed by atoms with Gasteiger partial charge in [-0.2, -0.15) is 0 Å². The third-order valence-electron chi connectivity index (χ3n) is 2.89. The van der Waals surface area contributed by atoms with E-state index in [9.17, 15) is 0 Å². The van der Waals surface area contributed by atoms with E-state index in [2.05, 4.69) is 24.4 Å². The second kappa shape index (κ2) is 7.77. The molecule has 2 rings (SSSR count). The molecule has 1 aromatic carbocycles. The first-order valence-electron chi connectivity index (χ1n) is 6.69. The van der Waals surface area contributed by atoms with E-state index in [1.54, 1.807) is 6.26 Å². The van der Waals surface area contributed by atoms with Gasteiger partial charge in [-0.25, -0.2) is 0 Å². The quantitative estimate of drug-likeness (QED) is 0.790. The standard InChI is InChI=1S/C16H21NO2/c1-14(10-17-11-16-8-5-9-19-16)12-18-13-15-6-3-2-4-7-15/h2-9,14,17H,10-13H2,1H3. The van der Waals surface area contributed by atoms with Gasteiger partial charge in [0.05, 0.1) is 26.0 Å². The van der Waals surface area contributed by atoms with Gasteiger partial charge >= 0.3 is 0 Å².